The molecule has 3 N–H and O–H groups in total. The van der Waals surface area contributed by atoms with E-state index in [1.54, 1.807) is 0 Å². The van der Waals surface area contributed by atoms with Gasteiger partial charge in [0.2, 0.25) is 5.91 Å². The molecule has 1 aromatic heterocycles. The van der Waals surface area contributed by atoms with Crippen LogP contribution in [0.5, 0.6) is 0 Å². The van der Waals surface area contributed by atoms with Gasteiger partial charge in [0.1, 0.15) is 23.5 Å². The molecule has 1 unspecified atom stereocenters. The molecule has 0 radical (unpaired) electrons. The van der Waals surface area contributed by atoms with Crippen LogP contribution in [0.25, 0.3) is 0 Å². The Morgan fingerprint density at radius 3 is 2.80 bits per heavy atom. The fourth-order valence-corrected chi connectivity index (χ4v) is 2.49. The highest BCUT2D eigenvalue weighted by molar-refractivity contribution is 5.83. The Bertz CT molecular complexity index is 488. The second kappa shape index (κ2) is 6.07. The smallest absolute Gasteiger partial charge is 0.240 e. The molecule has 1 atom stereocenters. The van der Waals surface area contributed by atoms with Crippen LogP contribution in [0, 0.1) is 0 Å². The van der Waals surface area contributed by atoms with Crippen molar-refractivity contribution in [2.45, 2.75) is 45.1 Å². The zero-order valence-corrected chi connectivity index (χ0v) is 12.4. The number of nitrogens with zero attached hydrogens (tertiary/aromatic N) is 3. The van der Waals surface area contributed by atoms with E-state index in [-0.39, 0.29) is 17.9 Å². The maximum atomic E-state index is 11.6. The Labute approximate surface area is 119 Å². The Kier molecular flexibility index (Phi) is 4.42. The van der Waals surface area contributed by atoms with Crippen molar-refractivity contribution in [2.24, 2.45) is 5.73 Å². The monoisotopic (exact) mass is 277 g/mol. The average Bonchev–Trinajstić information content (AvgIpc) is 2.46. The van der Waals surface area contributed by atoms with E-state index in [4.69, 9.17) is 5.73 Å². The molecule has 2 rings (SSSR count). The summed E-state index contributed by atoms with van der Waals surface area (Å²) in [4.78, 5) is 22.7. The van der Waals surface area contributed by atoms with Gasteiger partial charge in [-0.15, -0.1) is 0 Å². The zero-order chi connectivity index (χ0) is 14.7. The van der Waals surface area contributed by atoms with Crippen LogP contribution in [0.3, 0.4) is 0 Å². The van der Waals surface area contributed by atoms with Gasteiger partial charge in [0.05, 0.1) is 0 Å². The minimum Gasteiger partial charge on any atom is -0.373 e. The molecule has 1 fully saturated rings. The molecule has 6 nitrogen and oxygen atoms in total. The number of aromatic nitrogens is 2. The summed E-state index contributed by atoms with van der Waals surface area (Å²) in [6.45, 7) is 4.92. The summed E-state index contributed by atoms with van der Waals surface area (Å²) in [5.74, 6) is 2.30. The lowest BCUT2D eigenvalue weighted by Gasteiger charge is -2.35. The number of primary amides is 1. The molecule has 0 bridgehead atoms. The van der Waals surface area contributed by atoms with Gasteiger partial charge in [0.25, 0.3) is 0 Å². The van der Waals surface area contributed by atoms with Gasteiger partial charge in [0, 0.05) is 25.6 Å². The number of hydrogen-bond donors (Lipinski definition) is 2. The number of hydrogen-bond acceptors (Lipinski definition) is 5. The highest BCUT2D eigenvalue weighted by Crippen LogP contribution is 2.26. The summed E-state index contributed by atoms with van der Waals surface area (Å²) >= 11 is 0. The molecule has 1 aliphatic rings. The number of carbonyl (C=O) groups is 1. The maximum absolute atomic E-state index is 11.6. The van der Waals surface area contributed by atoms with Crippen molar-refractivity contribution >= 4 is 17.5 Å². The number of nitrogens with one attached hydrogen (secondary N) is 1. The number of rotatable bonds is 4. The van der Waals surface area contributed by atoms with Crippen molar-refractivity contribution in [3.8, 4) is 0 Å². The molecule has 1 aromatic rings. The topological polar surface area (TPSA) is 84.1 Å². The minimum absolute atomic E-state index is 0.235. The molecular formula is C14H23N5O. The second-order valence-corrected chi connectivity index (χ2v) is 5.48. The summed E-state index contributed by atoms with van der Waals surface area (Å²) in [6.07, 6.45) is 2.88. The largest absolute Gasteiger partial charge is 0.373 e. The lowest BCUT2D eigenvalue weighted by molar-refractivity contribution is -0.119. The molecule has 6 heteroatoms. The van der Waals surface area contributed by atoms with Gasteiger partial charge in [-0.1, -0.05) is 13.8 Å². The summed E-state index contributed by atoms with van der Waals surface area (Å²) in [6, 6.07) is 1.62. The first-order valence-corrected chi connectivity index (χ1v) is 7.15. The van der Waals surface area contributed by atoms with Crippen LogP contribution in [0.1, 0.15) is 44.9 Å². The average molecular weight is 277 g/mol. The molecule has 1 aliphatic heterocycles. The first-order chi connectivity index (χ1) is 9.52. The fourth-order valence-electron chi connectivity index (χ4n) is 2.49. The third kappa shape index (κ3) is 3.00. The Morgan fingerprint density at radius 2 is 2.20 bits per heavy atom. The van der Waals surface area contributed by atoms with E-state index in [1.165, 1.54) is 0 Å². The molecular weight excluding hydrogens is 254 g/mol. The third-order valence-corrected chi connectivity index (χ3v) is 3.63. The summed E-state index contributed by atoms with van der Waals surface area (Å²) in [7, 11) is 1.83. The quantitative estimate of drug-likeness (QED) is 0.871. The SMILES string of the molecule is CNc1cc(N2CCCCC2C(N)=O)nc(C(C)C)n1. The second-order valence-electron chi connectivity index (χ2n) is 5.48. The first-order valence-electron chi connectivity index (χ1n) is 7.15. The van der Waals surface area contributed by atoms with E-state index >= 15 is 0 Å². The lowest BCUT2D eigenvalue weighted by Crippen LogP contribution is -2.48. The predicted octanol–water partition coefficient (Wildman–Crippen LogP) is 1.49. The van der Waals surface area contributed by atoms with Crippen molar-refractivity contribution in [3.63, 3.8) is 0 Å². The van der Waals surface area contributed by atoms with E-state index in [9.17, 15) is 4.79 Å². The molecule has 1 saturated heterocycles. The number of amides is 1. The van der Waals surface area contributed by atoms with Crippen molar-refractivity contribution in [3.05, 3.63) is 11.9 Å². The van der Waals surface area contributed by atoms with Crippen LogP contribution in [-0.2, 0) is 4.79 Å². The van der Waals surface area contributed by atoms with Crippen molar-refractivity contribution < 1.29 is 4.79 Å². The molecule has 0 saturated carbocycles. The van der Waals surface area contributed by atoms with Crippen molar-refractivity contribution in [1.29, 1.82) is 0 Å². The zero-order valence-electron chi connectivity index (χ0n) is 12.4. The predicted molar refractivity (Wildman–Crippen MR) is 79.8 cm³/mol. The number of carbonyl (C=O) groups excluding carboxylic acids is 1. The molecule has 1 amide bonds. The van der Waals surface area contributed by atoms with Crippen LogP contribution in [0.15, 0.2) is 6.07 Å². The van der Waals surface area contributed by atoms with E-state index < -0.39 is 0 Å². The van der Waals surface area contributed by atoms with Crippen LogP contribution < -0.4 is 16.0 Å². The summed E-state index contributed by atoms with van der Waals surface area (Å²) in [5, 5.41) is 3.05. The fraction of sp³-hybridized carbons (Fsp3) is 0.643. The number of anilines is 2. The normalized spacial score (nSPS) is 19.2. The maximum Gasteiger partial charge on any atom is 0.240 e. The minimum atomic E-state index is -0.277. The van der Waals surface area contributed by atoms with E-state index in [2.05, 4.69) is 29.1 Å². The van der Waals surface area contributed by atoms with Gasteiger partial charge < -0.3 is 16.0 Å². The van der Waals surface area contributed by atoms with Gasteiger partial charge in [-0.05, 0) is 19.3 Å². The van der Waals surface area contributed by atoms with E-state index in [1.807, 2.05) is 18.0 Å². The van der Waals surface area contributed by atoms with Crippen molar-refractivity contribution in [1.82, 2.24) is 9.97 Å². The molecule has 0 spiro atoms. The van der Waals surface area contributed by atoms with Crippen molar-refractivity contribution in [2.75, 3.05) is 23.8 Å². The Hall–Kier alpha value is -1.85. The van der Waals surface area contributed by atoms with E-state index in [0.717, 1.165) is 43.3 Å². The Balaban J connectivity index is 2.38. The third-order valence-electron chi connectivity index (χ3n) is 3.63. The molecule has 0 aliphatic carbocycles. The summed E-state index contributed by atoms with van der Waals surface area (Å²) in [5.41, 5.74) is 5.52. The van der Waals surface area contributed by atoms with Gasteiger partial charge in [-0.3, -0.25) is 4.79 Å². The molecule has 20 heavy (non-hydrogen) atoms. The molecule has 2 heterocycles. The van der Waals surface area contributed by atoms with E-state index in [0.29, 0.717) is 0 Å². The molecule has 110 valence electrons. The Morgan fingerprint density at radius 1 is 1.45 bits per heavy atom. The molecule has 0 aromatic carbocycles. The van der Waals surface area contributed by atoms with Gasteiger partial charge in [0.15, 0.2) is 0 Å². The first kappa shape index (κ1) is 14.6. The highest BCUT2D eigenvalue weighted by atomic mass is 16.1. The summed E-state index contributed by atoms with van der Waals surface area (Å²) < 4.78 is 0. The highest BCUT2D eigenvalue weighted by Gasteiger charge is 2.28. The standard InChI is InChI=1S/C14H23N5O/c1-9(2)14-17-11(16-3)8-12(18-14)19-7-5-4-6-10(19)13(15)20/h8-10H,4-7H2,1-3H3,(H2,15,20)(H,16,17,18). The van der Waals surface area contributed by atoms with Crippen LogP contribution in [0.4, 0.5) is 11.6 Å². The van der Waals surface area contributed by atoms with Gasteiger partial charge in [-0.25, -0.2) is 9.97 Å². The number of piperidine rings is 1. The van der Waals surface area contributed by atoms with Gasteiger partial charge >= 0.3 is 0 Å². The van der Waals surface area contributed by atoms with Crippen LogP contribution in [-0.4, -0.2) is 35.5 Å². The van der Waals surface area contributed by atoms with Crippen LogP contribution >= 0.6 is 0 Å². The van der Waals surface area contributed by atoms with Gasteiger partial charge in [-0.2, -0.15) is 0 Å². The lowest BCUT2D eigenvalue weighted by atomic mass is 10.0. The number of nitrogens with two attached hydrogens (primary N) is 1. The van der Waals surface area contributed by atoms with Crippen LogP contribution in [0.2, 0.25) is 0 Å².